The summed E-state index contributed by atoms with van der Waals surface area (Å²) in [5.41, 5.74) is 4.95. The Labute approximate surface area is 122 Å². The van der Waals surface area contributed by atoms with Crippen LogP contribution in [-0.2, 0) is 9.53 Å². The molecule has 1 aliphatic rings. The molecule has 0 aliphatic carbocycles. The Morgan fingerprint density at radius 2 is 2.00 bits per heavy atom. The molecule has 1 aliphatic heterocycles. The number of nitrogens with zero attached hydrogens (tertiary/aromatic N) is 1. The molecule has 1 amide bonds. The Morgan fingerprint density at radius 3 is 2.50 bits per heavy atom. The number of ether oxygens (including phenoxy) is 1. The number of carbonyl (C=O) groups excluding carboxylic acids is 1. The topological polar surface area (TPSA) is 75.8 Å². The average Bonchev–Trinajstić information content (AvgIpc) is 2.37. The minimum atomic E-state index is -0.793. The standard InChI is InChI=1S/C15H30N2O3/c1-12(2)8-13(10-16)9-14(18)17(3)11-15(19)4-6-20-7-5-15/h12-13,19H,4-11,16H2,1-3H3/t13-/m0/s1. The molecular formula is C15H30N2O3. The molecule has 0 aromatic rings. The van der Waals surface area contributed by atoms with Crippen molar-refractivity contribution in [2.24, 2.45) is 17.6 Å². The molecule has 1 atom stereocenters. The fourth-order valence-corrected chi connectivity index (χ4v) is 2.77. The summed E-state index contributed by atoms with van der Waals surface area (Å²) in [6, 6.07) is 0. The SMILES string of the molecule is CC(C)C[C@H](CN)CC(=O)N(C)CC1(O)CCOCC1. The van der Waals surface area contributed by atoms with Crippen LogP contribution in [-0.4, -0.2) is 54.9 Å². The van der Waals surface area contributed by atoms with Gasteiger partial charge in [-0.15, -0.1) is 0 Å². The maximum atomic E-state index is 12.2. The molecular weight excluding hydrogens is 256 g/mol. The van der Waals surface area contributed by atoms with Crippen LogP contribution in [0.2, 0.25) is 0 Å². The van der Waals surface area contributed by atoms with Crippen LogP contribution in [0.1, 0.15) is 39.5 Å². The summed E-state index contributed by atoms with van der Waals surface area (Å²) in [6.45, 7) is 6.34. The molecule has 1 saturated heterocycles. The minimum absolute atomic E-state index is 0.0704. The third-order valence-corrected chi connectivity index (χ3v) is 3.98. The number of likely N-dealkylation sites (N-methyl/N-ethyl adjacent to an activating group) is 1. The van der Waals surface area contributed by atoms with Gasteiger partial charge in [-0.05, 0) is 24.8 Å². The molecule has 3 N–H and O–H groups in total. The minimum Gasteiger partial charge on any atom is -0.388 e. The molecule has 0 aromatic heterocycles. The van der Waals surface area contributed by atoms with Crippen molar-refractivity contribution in [3.05, 3.63) is 0 Å². The number of amides is 1. The van der Waals surface area contributed by atoms with E-state index in [1.165, 1.54) is 0 Å². The molecule has 0 unspecified atom stereocenters. The number of aliphatic hydroxyl groups is 1. The number of hydrogen-bond acceptors (Lipinski definition) is 4. The van der Waals surface area contributed by atoms with Gasteiger partial charge in [0.2, 0.25) is 5.91 Å². The van der Waals surface area contributed by atoms with E-state index in [9.17, 15) is 9.90 Å². The summed E-state index contributed by atoms with van der Waals surface area (Å²) < 4.78 is 5.25. The van der Waals surface area contributed by atoms with E-state index in [-0.39, 0.29) is 11.8 Å². The molecule has 0 radical (unpaired) electrons. The quantitative estimate of drug-likeness (QED) is 0.732. The van der Waals surface area contributed by atoms with Crippen molar-refractivity contribution in [2.45, 2.75) is 45.1 Å². The van der Waals surface area contributed by atoms with Crippen molar-refractivity contribution in [1.82, 2.24) is 4.90 Å². The van der Waals surface area contributed by atoms with Crippen molar-refractivity contribution in [1.29, 1.82) is 0 Å². The van der Waals surface area contributed by atoms with E-state index in [0.29, 0.717) is 51.5 Å². The van der Waals surface area contributed by atoms with Gasteiger partial charge in [0.1, 0.15) is 0 Å². The second-order valence-electron chi connectivity index (χ2n) is 6.52. The smallest absolute Gasteiger partial charge is 0.222 e. The highest BCUT2D eigenvalue weighted by molar-refractivity contribution is 5.76. The summed E-state index contributed by atoms with van der Waals surface area (Å²) in [6.07, 6.45) is 2.62. The molecule has 0 spiro atoms. The Hall–Kier alpha value is -0.650. The maximum Gasteiger partial charge on any atom is 0.222 e. The number of rotatable bonds is 7. The van der Waals surface area contributed by atoms with Gasteiger partial charge in [0.25, 0.3) is 0 Å². The van der Waals surface area contributed by atoms with Crippen LogP contribution in [0.4, 0.5) is 0 Å². The van der Waals surface area contributed by atoms with Crippen LogP contribution in [0.3, 0.4) is 0 Å². The fourth-order valence-electron chi connectivity index (χ4n) is 2.77. The van der Waals surface area contributed by atoms with E-state index in [1.807, 2.05) is 0 Å². The van der Waals surface area contributed by atoms with E-state index in [0.717, 1.165) is 6.42 Å². The lowest BCUT2D eigenvalue weighted by Crippen LogP contribution is -2.47. The van der Waals surface area contributed by atoms with E-state index in [1.54, 1.807) is 11.9 Å². The summed E-state index contributed by atoms with van der Waals surface area (Å²) in [5, 5.41) is 10.4. The molecule has 1 fully saturated rings. The van der Waals surface area contributed by atoms with Crippen LogP contribution in [0.25, 0.3) is 0 Å². The van der Waals surface area contributed by atoms with Crippen molar-refractivity contribution in [2.75, 3.05) is 33.4 Å². The van der Waals surface area contributed by atoms with Crippen LogP contribution in [0.5, 0.6) is 0 Å². The summed E-state index contributed by atoms with van der Waals surface area (Å²) in [5.74, 6) is 0.844. The monoisotopic (exact) mass is 286 g/mol. The van der Waals surface area contributed by atoms with Crippen LogP contribution < -0.4 is 5.73 Å². The number of nitrogens with two attached hydrogens (primary N) is 1. The third-order valence-electron chi connectivity index (χ3n) is 3.98. The Balaban J connectivity index is 2.45. The summed E-state index contributed by atoms with van der Waals surface area (Å²) >= 11 is 0. The van der Waals surface area contributed by atoms with Crippen molar-refractivity contribution in [3.63, 3.8) is 0 Å². The van der Waals surface area contributed by atoms with E-state index < -0.39 is 5.60 Å². The van der Waals surface area contributed by atoms with E-state index >= 15 is 0 Å². The Morgan fingerprint density at radius 1 is 1.40 bits per heavy atom. The van der Waals surface area contributed by atoms with Gasteiger partial charge in [-0.25, -0.2) is 0 Å². The normalized spacial score (nSPS) is 19.9. The predicted molar refractivity (Wildman–Crippen MR) is 79.3 cm³/mol. The zero-order valence-electron chi connectivity index (χ0n) is 13.1. The summed E-state index contributed by atoms with van der Waals surface area (Å²) in [7, 11) is 1.76. The molecule has 0 aromatic carbocycles. The van der Waals surface area contributed by atoms with Crippen LogP contribution >= 0.6 is 0 Å². The van der Waals surface area contributed by atoms with Gasteiger partial charge in [-0.2, -0.15) is 0 Å². The highest BCUT2D eigenvalue weighted by Crippen LogP contribution is 2.22. The largest absolute Gasteiger partial charge is 0.388 e. The van der Waals surface area contributed by atoms with Gasteiger partial charge in [-0.3, -0.25) is 4.79 Å². The average molecular weight is 286 g/mol. The predicted octanol–water partition coefficient (Wildman–Crippen LogP) is 0.997. The van der Waals surface area contributed by atoms with Gasteiger partial charge in [-0.1, -0.05) is 13.8 Å². The molecule has 20 heavy (non-hydrogen) atoms. The Bertz CT molecular complexity index is 301. The number of carbonyl (C=O) groups is 1. The molecule has 5 nitrogen and oxygen atoms in total. The van der Waals surface area contributed by atoms with E-state index in [4.69, 9.17) is 10.5 Å². The molecule has 0 saturated carbocycles. The maximum absolute atomic E-state index is 12.2. The van der Waals surface area contributed by atoms with Gasteiger partial charge >= 0.3 is 0 Å². The third kappa shape index (κ3) is 5.77. The molecule has 5 heteroatoms. The molecule has 1 heterocycles. The number of hydrogen-bond donors (Lipinski definition) is 2. The lowest BCUT2D eigenvalue weighted by molar-refractivity contribution is -0.137. The highest BCUT2D eigenvalue weighted by Gasteiger charge is 2.32. The lowest BCUT2D eigenvalue weighted by atomic mass is 9.92. The van der Waals surface area contributed by atoms with Gasteiger partial charge in [0.15, 0.2) is 0 Å². The first-order chi connectivity index (χ1) is 9.36. The van der Waals surface area contributed by atoms with Gasteiger partial charge < -0.3 is 20.5 Å². The Kier molecular flexibility index (Phi) is 6.92. The van der Waals surface area contributed by atoms with E-state index in [2.05, 4.69) is 13.8 Å². The van der Waals surface area contributed by atoms with Gasteiger partial charge in [0, 0.05) is 46.1 Å². The van der Waals surface area contributed by atoms with Crippen molar-refractivity contribution >= 4 is 5.91 Å². The zero-order chi connectivity index (χ0) is 15.2. The first kappa shape index (κ1) is 17.4. The first-order valence-corrected chi connectivity index (χ1v) is 7.60. The first-order valence-electron chi connectivity index (χ1n) is 7.60. The zero-order valence-corrected chi connectivity index (χ0v) is 13.1. The van der Waals surface area contributed by atoms with Crippen LogP contribution in [0, 0.1) is 11.8 Å². The second-order valence-corrected chi connectivity index (χ2v) is 6.52. The lowest BCUT2D eigenvalue weighted by Gasteiger charge is -2.35. The highest BCUT2D eigenvalue weighted by atomic mass is 16.5. The summed E-state index contributed by atoms with van der Waals surface area (Å²) in [4.78, 5) is 13.9. The second kappa shape index (κ2) is 7.96. The molecule has 118 valence electrons. The fraction of sp³-hybridized carbons (Fsp3) is 0.933. The van der Waals surface area contributed by atoms with Crippen molar-refractivity contribution < 1.29 is 14.6 Å². The molecule has 0 bridgehead atoms. The van der Waals surface area contributed by atoms with Gasteiger partial charge in [0.05, 0.1) is 5.60 Å². The van der Waals surface area contributed by atoms with Crippen LogP contribution in [0.15, 0.2) is 0 Å². The van der Waals surface area contributed by atoms with Crippen molar-refractivity contribution in [3.8, 4) is 0 Å². The molecule has 1 rings (SSSR count).